The van der Waals surface area contributed by atoms with Crippen molar-refractivity contribution in [2.24, 2.45) is 5.73 Å². The lowest BCUT2D eigenvalue weighted by atomic mass is 10.1. The first-order chi connectivity index (χ1) is 15.5. The molecule has 2 aromatic carbocycles. The minimum atomic E-state index is -0.520. The molecule has 2 amide bonds. The number of amides is 2. The monoisotopic (exact) mass is 430 g/mol. The van der Waals surface area contributed by atoms with Gasteiger partial charge < -0.3 is 15.4 Å². The van der Waals surface area contributed by atoms with Gasteiger partial charge in [0.25, 0.3) is 5.91 Å². The van der Waals surface area contributed by atoms with Crippen molar-refractivity contribution < 1.29 is 14.3 Å². The van der Waals surface area contributed by atoms with Crippen LogP contribution in [0.2, 0.25) is 0 Å². The van der Waals surface area contributed by atoms with Crippen molar-refractivity contribution in [1.82, 2.24) is 14.7 Å². The molecule has 0 radical (unpaired) electrons. The molecule has 3 aromatic rings. The van der Waals surface area contributed by atoms with E-state index in [0.29, 0.717) is 30.1 Å². The van der Waals surface area contributed by atoms with E-state index in [2.05, 4.69) is 6.58 Å². The van der Waals surface area contributed by atoms with Gasteiger partial charge in [-0.25, -0.2) is 0 Å². The Morgan fingerprint density at radius 1 is 1.03 bits per heavy atom. The standard InChI is InChI=1S/C25H26N4O3/c1-2-23(30)28-15-6-7-19(14-16-28)29-17-22(25(26)31)24(27-29)18-10-12-21(13-11-18)32-20-8-4-3-5-9-20/h2-5,8-13,17,19H,1,6-7,14-16H2,(H2,26,31). The highest BCUT2D eigenvalue weighted by Crippen LogP contribution is 2.30. The fourth-order valence-corrected chi connectivity index (χ4v) is 3.97. The van der Waals surface area contributed by atoms with Crippen molar-refractivity contribution >= 4 is 11.8 Å². The highest BCUT2D eigenvalue weighted by molar-refractivity contribution is 5.98. The van der Waals surface area contributed by atoms with Gasteiger partial charge in [-0.1, -0.05) is 24.8 Å². The zero-order chi connectivity index (χ0) is 22.5. The molecular weight excluding hydrogens is 404 g/mol. The number of carbonyl (C=O) groups excluding carboxylic acids is 2. The van der Waals surface area contributed by atoms with Crippen molar-refractivity contribution in [2.45, 2.75) is 25.3 Å². The van der Waals surface area contributed by atoms with E-state index in [0.717, 1.165) is 30.6 Å². The average Bonchev–Trinajstić information content (AvgIpc) is 3.11. The van der Waals surface area contributed by atoms with Crippen LogP contribution in [-0.2, 0) is 4.79 Å². The van der Waals surface area contributed by atoms with Crippen LogP contribution in [0.5, 0.6) is 11.5 Å². The minimum absolute atomic E-state index is 0.0533. The molecule has 1 aromatic heterocycles. The quantitative estimate of drug-likeness (QED) is 0.594. The molecule has 0 spiro atoms. The Labute approximate surface area is 187 Å². The Morgan fingerprint density at radius 2 is 1.75 bits per heavy atom. The molecule has 0 aliphatic carbocycles. The second-order valence-corrected chi connectivity index (χ2v) is 7.79. The molecule has 1 saturated heterocycles. The summed E-state index contributed by atoms with van der Waals surface area (Å²) in [5.41, 5.74) is 7.37. The molecule has 1 aliphatic rings. The zero-order valence-corrected chi connectivity index (χ0v) is 17.8. The fraction of sp³-hybridized carbons (Fsp3) is 0.240. The Balaban J connectivity index is 1.55. The number of carbonyl (C=O) groups is 2. The van der Waals surface area contributed by atoms with Crippen LogP contribution in [0.3, 0.4) is 0 Å². The molecule has 32 heavy (non-hydrogen) atoms. The lowest BCUT2D eigenvalue weighted by Gasteiger charge is -2.18. The first-order valence-corrected chi connectivity index (χ1v) is 10.7. The molecular formula is C25H26N4O3. The largest absolute Gasteiger partial charge is 0.457 e. The number of ether oxygens (including phenoxy) is 1. The third-order valence-corrected chi connectivity index (χ3v) is 5.66. The number of nitrogens with two attached hydrogens (primary N) is 1. The highest BCUT2D eigenvalue weighted by atomic mass is 16.5. The van der Waals surface area contributed by atoms with E-state index in [1.54, 1.807) is 11.1 Å². The van der Waals surface area contributed by atoms with Crippen LogP contribution in [0.25, 0.3) is 11.3 Å². The van der Waals surface area contributed by atoms with Crippen LogP contribution in [0, 0.1) is 0 Å². The Morgan fingerprint density at radius 3 is 2.44 bits per heavy atom. The van der Waals surface area contributed by atoms with Crippen LogP contribution in [0.4, 0.5) is 0 Å². The van der Waals surface area contributed by atoms with Gasteiger partial charge in [-0.05, 0) is 61.7 Å². The van der Waals surface area contributed by atoms with Crippen molar-refractivity contribution in [3.8, 4) is 22.8 Å². The van der Waals surface area contributed by atoms with Crippen molar-refractivity contribution in [3.63, 3.8) is 0 Å². The van der Waals surface area contributed by atoms with Crippen molar-refractivity contribution in [1.29, 1.82) is 0 Å². The number of nitrogens with zero attached hydrogens (tertiary/aromatic N) is 3. The number of hydrogen-bond acceptors (Lipinski definition) is 4. The summed E-state index contributed by atoms with van der Waals surface area (Å²) in [6.07, 6.45) is 5.55. The summed E-state index contributed by atoms with van der Waals surface area (Å²) in [7, 11) is 0. The lowest BCUT2D eigenvalue weighted by Crippen LogP contribution is -2.30. The van der Waals surface area contributed by atoms with Gasteiger partial charge in [-0.2, -0.15) is 5.10 Å². The Bertz CT molecular complexity index is 1110. The molecule has 2 N–H and O–H groups in total. The second-order valence-electron chi connectivity index (χ2n) is 7.79. The lowest BCUT2D eigenvalue weighted by molar-refractivity contribution is -0.125. The molecule has 7 nitrogen and oxygen atoms in total. The second kappa shape index (κ2) is 9.51. The summed E-state index contributed by atoms with van der Waals surface area (Å²) in [6.45, 7) is 4.89. The molecule has 0 saturated carbocycles. The van der Waals surface area contributed by atoms with Crippen LogP contribution >= 0.6 is 0 Å². The van der Waals surface area contributed by atoms with Gasteiger partial charge >= 0.3 is 0 Å². The van der Waals surface area contributed by atoms with Gasteiger partial charge in [-0.15, -0.1) is 0 Å². The minimum Gasteiger partial charge on any atom is -0.457 e. The maximum Gasteiger partial charge on any atom is 0.252 e. The smallest absolute Gasteiger partial charge is 0.252 e. The predicted octanol–water partition coefficient (Wildman–Crippen LogP) is 4.18. The summed E-state index contributed by atoms with van der Waals surface area (Å²) >= 11 is 0. The number of primary amides is 1. The van der Waals surface area contributed by atoms with Crippen LogP contribution in [0.1, 0.15) is 35.7 Å². The van der Waals surface area contributed by atoms with E-state index in [-0.39, 0.29) is 11.9 Å². The van der Waals surface area contributed by atoms with E-state index < -0.39 is 5.91 Å². The van der Waals surface area contributed by atoms with E-state index in [1.165, 1.54) is 6.08 Å². The number of benzene rings is 2. The number of aromatic nitrogens is 2. The molecule has 1 fully saturated rings. The summed E-state index contributed by atoms with van der Waals surface area (Å²) in [5, 5.41) is 4.72. The first-order valence-electron chi connectivity index (χ1n) is 10.7. The van der Waals surface area contributed by atoms with Gasteiger partial charge in [-0.3, -0.25) is 14.3 Å². The van der Waals surface area contributed by atoms with Crippen molar-refractivity contribution in [3.05, 3.63) is 79.0 Å². The fourth-order valence-electron chi connectivity index (χ4n) is 3.97. The van der Waals surface area contributed by atoms with E-state index in [9.17, 15) is 9.59 Å². The van der Waals surface area contributed by atoms with Gasteiger partial charge in [0.2, 0.25) is 5.91 Å². The molecule has 7 heteroatoms. The maximum absolute atomic E-state index is 12.1. The first kappa shape index (κ1) is 21.4. The van der Waals surface area contributed by atoms with Gasteiger partial charge in [0.1, 0.15) is 17.2 Å². The Kier molecular flexibility index (Phi) is 6.35. The Hall–Kier alpha value is -3.87. The van der Waals surface area contributed by atoms with E-state index >= 15 is 0 Å². The molecule has 2 heterocycles. The van der Waals surface area contributed by atoms with Crippen LogP contribution in [0.15, 0.2) is 73.4 Å². The topological polar surface area (TPSA) is 90.5 Å². The normalized spacial score (nSPS) is 16.2. The number of para-hydroxylation sites is 1. The number of hydrogen-bond donors (Lipinski definition) is 1. The maximum atomic E-state index is 12.1. The molecule has 0 bridgehead atoms. The third-order valence-electron chi connectivity index (χ3n) is 5.66. The van der Waals surface area contributed by atoms with Gasteiger partial charge in [0.15, 0.2) is 0 Å². The average molecular weight is 431 g/mol. The van der Waals surface area contributed by atoms with E-state index in [4.69, 9.17) is 15.6 Å². The zero-order valence-electron chi connectivity index (χ0n) is 17.8. The van der Waals surface area contributed by atoms with Gasteiger partial charge in [0.05, 0.1) is 11.6 Å². The summed E-state index contributed by atoms with van der Waals surface area (Å²) < 4.78 is 7.67. The SMILES string of the molecule is C=CC(=O)N1CCCC(n2cc(C(N)=O)c(-c3ccc(Oc4ccccc4)cc3)n2)CC1. The molecule has 1 atom stereocenters. The van der Waals surface area contributed by atoms with Crippen molar-refractivity contribution in [2.75, 3.05) is 13.1 Å². The van der Waals surface area contributed by atoms with Gasteiger partial charge in [0, 0.05) is 24.8 Å². The molecule has 1 unspecified atom stereocenters. The van der Waals surface area contributed by atoms with Crippen LogP contribution in [-0.4, -0.2) is 39.6 Å². The van der Waals surface area contributed by atoms with Crippen LogP contribution < -0.4 is 10.5 Å². The molecule has 4 rings (SSSR count). The third kappa shape index (κ3) is 4.72. The number of rotatable bonds is 6. The predicted molar refractivity (Wildman–Crippen MR) is 122 cm³/mol. The summed E-state index contributed by atoms with van der Waals surface area (Å²) in [6, 6.07) is 17.0. The summed E-state index contributed by atoms with van der Waals surface area (Å²) in [5.74, 6) is 0.867. The van der Waals surface area contributed by atoms with E-state index in [1.807, 2.05) is 59.3 Å². The molecule has 164 valence electrons. The molecule has 1 aliphatic heterocycles. The number of likely N-dealkylation sites (tertiary alicyclic amines) is 1. The summed E-state index contributed by atoms with van der Waals surface area (Å²) in [4.78, 5) is 25.9. The highest BCUT2D eigenvalue weighted by Gasteiger charge is 2.24.